The average Bonchev–Trinajstić information content (AvgIpc) is 2.12. The molecular formula is C9H14FN3O. The molecule has 1 aromatic rings. The van der Waals surface area contributed by atoms with Gasteiger partial charge in [-0.2, -0.15) is 0 Å². The lowest BCUT2D eigenvalue weighted by Gasteiger charge is -2.08. The maximum absolute atomic E-state index is 13.3. The predicted octanol–water partition coefficient (Wildman–Crippen LogP) is 1.11. The van der Waals surface area contributed by atoms with Crippen LogP contribution in [0.1, 0.15) is 19.0 Å². The zero-order valence-electron chi connectivity index (χ0n) is 8.29. The number of halogens is 1. The van der Waals surface area contributed by atoms with Crippen LogP contribution in [0.4, 0.5) is 10.2 Å². The number of anilines is 1. The summed E-state index contributed by atoms with van der Waals surface area (Å²) >= 11 is 0. The highest BCUT2D eigenvalue weighted by molar-refractivity contribution is 5.36. The first-order valence-electron chi connectivity index (χ1n) is 4.50. The van der Waals surface area contributed by atoms with E-state index in [0.717, 1.165) is 0 Å². The minimum atomic E-state index is -0.432. The van der Waals surface area contributed by atoms with E-state index >= 15 is 0 Å². The van der Waals surface area contributed by atoms with E-state index in [-0.39, 0.29) is 5.82 Å². The number of aliphatic hydroxyl groups excluding tert-OH is 1. The van der Waals surface area contributed by atoms with Crippen LogP contribution in [0.15, 0.2) is 6.33 Å². The summed E-state index contributed by atoms with van der Waals surface area (Å²) in [5.74, 6) is -0.240. The molecule has 4 nitrogen and oxygen atoms in total. The lowest BCUT2D eigenvalue weighted by molar-refractivity contribution is 0.188. The largest absolute Gasteiger partial charge is 0.393 e. The number of aliphatic hydroxyl groups is 1. The zero-order valence-corrected chi connectivity index (χ0v) is 8.29. The Labute approximate surface area is 82.2 Å². The summed E-state index contributed by atoms with van der Waals surface area (Å²) in [6.45, 7) is 3.76. The molecule has 78 valence electrons. The Bertz CT molecular complexity index is 304. The van der Waals surface area contributed by atoms with Gasteiger partial charge in [-0.3, -0.25) is 0 Å². The number of rotatable bonds is 4. The molecule has 2 N–H and O–H groups in total. The van der Waals surface area contributed by atoms with Crippen molar-refractivity contribution in [2.75, 3.05) is 11.9 Å². The smallest absolute Gasteiger partial charge is 0.186 e. The molecule has 14 heavy (non-hydrogen) atoms. The third kappa shape index (κ3) is 2.92. The number of nitrogens with zero attached hydrogens (tertiary/aromatic N) is 2. The molecule has 1 rings (SSSR count). The van der Waals surface area contributed by atoms with Gasteiger partial charge in [-0.05, 0) is 20.3 Å². The Morgan fingerprint density at radius 1 is 1.57 bits per heavy atom. The van der Waals surface area contributed by atoms with Crippen molar-refractivity contribution in [3.05, 3.63) is 17.8 Å². The van der Waals surface area contributed by atoms with Gasteiger partial charge in [0.1, 0.15) is 6.33 Å². The summed E-state index contributed by atoms with van der Waals surface area (Å²) in [5, 5.41) is 11.8. The highest BCUT2D eigenvalue weighted by Crippen LogP contribution is 2.11. The van der Waals surface area contributed by atoms with Gasteiger partial charge in [0.05, 0.1) is 11.8 Å². The van der Waals surface area contributed by atoms with Crippen LogP contribution in [-0.4, -0.2) is 27.7 Å². The second-order valence-electron chi connectivity index (χ2n) is 3.19. The molecule has 1 atom stereocenters. The molecule has 1 heterocycles. The van der Waals surface area contributed by atoms with Crippen molar-refractivity contribution in [1.29, 1.82) is 0 Å². The first-order chi connectivity index (χ1) is 6.61. The molecule has 0 saturated heterocycles. The molecule has 0 aliphatic carbocycles. The molecular weight excluding hydrogens is 185 g/mol. The van der Waals surface area contributed by atoms with Gasteiger partial charge < -0.3 is 10.4 Å². The molecule has 1 unspecified atom stereocenters. The van der Waals surface area contributed by atoms with Gasteiger partial charge in [0.2, 0.25) is 0 Å². The van der Waals surface area contributed by atoms with Crippen LogP contribution in [0, 0.1) is 12.7 Å². The molecule has 0 bridgehead atoms. The van der Waals surface area contributed by atoms with Crippen molar-refractivity contribution < 1.29 is 9.50 Å². The maximum Gasteiger partial charge on any atom is 0.186 e. The van der Waals surface area contributed by atoms with Crippen LogP contribution in [0.3, 0.4) is 0 Å². The van der Waals surface area contributed by atoms with Gasteiger partial charge >= 0.3 is 0 Å². The van der Waals surface area contributed by atoms with Crippen LogP contribution in [0.25, 0.3) is 0 Å². The summed E-state index contributed by atoms with van der Waals surface area (Å²) in [6, 6.07) is 0. The zero-order chi connectivity index (χ0) is 10.6. The highest BCUT2D eigenvalue weighted by Gasteiger charge is 2.06. The quantitative estimate of drug-likeness (QED) is 0.762. The van der Waals surface area contributed by atoms with Gasteiger partial charge in [-0.1, -0.05) is 0 Å². The topological polar surface area (TPSA) is 58.0 Å². The molecule has 0 amide bonds. The number of hydrogen-bond donors (Lipinski definition) is 2. The second-order valence-corrected chi connectivity index (χ2v) is 3.19. The monoisotopic (exact) mass is 199 g/mol. The number of hydrogen-bond acceptors (Lipinski definition) is 4. The van der Waals surface area contributed by atoms with E-state index in [1.54, 1.807) is 13.8 Å². The Morgan fingerprint density at radius 2 is 2.29 bits per heavy atom. The molecule has 1 aromatic heterocycles. The lowest BCUT2D eigenvalue weighted by Crippen LogP contribution is -2.12. The van der Waals surface area contributed by atoms with Gasteiger partial charge in [0.15, 0.2) is 11.6 Å². The van der Waals surface area contributed by atoms with E-state index in [4.69, 9.17) is 5.11 Å². The fourth-order valence-corrected chi connectivity index (χ4v) is 0.981. The normalized spacial score (nSPS) is 12.6. The molecule has 5 heteroatoms. The molecule has 0 fully saturated rings. The van der Waals surface area contributed by atoms with E-state index in [0.29, 0.717) is 18.7 Å². The van der Waals surface area contributed by atoms with Crippen molar-refractivity contribution in [3.63, 3.8) is 0 Å². The minimum absolute atomic E-state index is 0.193. The summed E-state index contributed by atoms with van der Waals surface area (Å²) in [4.78, 5) is 7.46. The summed E-state index contributed by atoms with van der Waals surface area (Å²) in [7, 11) is 0. The predicted molar refractivity (Wildman–Crippen MR) is 51.5 cm³/mol. The first-order valence-corrected chi connectivity index (χ1v) is 4.50. The van der Waals surface area contributed by atoms with Gasteiger partial charge in [0.25, 0.3) is 0 Å². The second kappa shape index (κ2) is 4.85. The summed E-state index contributed by atoms with van der Waals surface area (Å²) < 4.78 is 13.3. The lowest BCUT2D eigenvalue weighted by atomic mass is 10.3. The van der Waals surface area contributed by atoms with Crippen molar-refractivity contribution in [2.45, 2.75) is 26.4 Å². The van der Waals surface area contributed by atoms with Crippen molar-refractivity contribution in [3.8, 4) is 0 Å². The first kappa shape index (κ1) is 10.8. The van der Waals surface area contributed by atoms with Crippen LogP contribution in [-0.2, 0) is 0 Å². The van der Waals surface area contributed by atoms with Crippen molar-refractivity contribution >= 4 is 5.82 Å². The molecule has 0 aliphatic heterocycles. The standard InChI is InChI=1S/C9H14FN3O/c1-6(14)3-4-11-9-8(10)7(2)12-5-13-9/h5-6,14H,3-4H2,1-2H3,(H,11,12,13). The van der Waals surface area contributed by atoms with E-state index in [2.05, 4.69) is 15.3 Å². The third-order valence-corrected chi connectivity index (χ3v) is 1.82. The van der Waals surface area contributed by atoms with Crippen molar-refractivity contribution in [1.82, 2.24) is 9.97 Å². The number of nitrogens with one attached hydrogen (secondary N) is 1. The SMILES string of the molecule is Cc1ncnc(NCCC(C)O)c1F. The average molecular weight is 199 g/mol. The summed E-state index contributed by atoms with van der Waals surface area (Å²) in [5.41, 5.74) is 0.319. The molecule has 0 aromatic carbocycles. The third-order valence-electron chi connectivity index (χ3n) is 1.82. The Hall–Kier alpha value is -1.23. The maximum atomic E-state index is 13.3. The molecule has 0 spiro atoms. The Balaban J connectivity index is 2.54. The highest BCUT2D eigenvalue weighted by atomic mass is 19.1. The van der Waals surface area contributed by atoms with E-state index in [1.807, 2.05) is 0 Å². The Kier molecular flexibility index (Phi) is 3.76. The minimum Gasteiger partial charge on any atom is -0.393 e. The summed E-state index contributed by atoms with van der Waals surface area (Å²) in [6.07, 6.45) is 1.47. The van der Waals surface area contributed by atoms with Gasteiger partial charge in [0, 0.05) is 6.54 Å². The van der Waals surface area contributed by atoms with E-state index in [9.17, 15) is 4.39 Å². The van der Waals surface area contributed by atoms with E-state index < -0.39 is 11.9 Å². The van der Waals surface area contributed by atoms with Crippen LogP contribution < -0.4 is 5.32 Å². The molecule has 0 aliphatic rings. The van der Waals surface area contributed by atoms with Crippen LogP contribution in [0.2, 0.25) is 0 Å². The van der Waals surface area contributed by atoms with Gasteiger partial charge in [-0.25, -0.2) is 14.4 Å². The van der Waals surface area contributed by atoms with Gasteiger partial charge in [-0.15, -0.1) is 0 Å². The molecule has 0 saturated carbocycles. The Morgan fingerprint density at radius 3 is 2.93 bits per heavy atom. The van der Waals surface area contributed by atoms with E-state index in [1.165, 1.54) is 6.33 Å². The van der Waals surface area contributed by atoms with Crippen LogP contribution >= 0.6 is 0 Å². The van der Waals surface area contributed by atoms with Crippen molar-refractivity contribution in [2.24, 2.45) is 0 Å². The number of aryl methyl sites for hydroxylation is 1. The fourth-order valence-electron chi connectivity index (χ4n) is 0.981. The fraction of sp³-hybridized carbons (Fsp3) is 0.556. The van der Waals surface area contributed by atoms with Crippen LogP contribution in [0.5, 0.6) is 0 Å². The molecule has 0 radical (unpaired) electrons. The number of aromatic nitrogens is 2.